The zero-order chi connectivity index (χ0) is 21.6. The summed E-state index contributed by atoms with van der Waals surface area (Å²) in [6.45, 7) is 8.88. The average Bonchev–Trinajstić information content (AvgIpc) is 3.54. The lowest BCUT2D eigenvalue weighted by Gasteiger charge is -2.27. The van der Waals surface area contributed by atoms with Crippen molar-refractivity contribution in [3.05, 3.63) is 52.8 Å². The molecule has 3 aromatic heterocycles. The van der Waals surface area contributed by atoms with Gasteiger partial charge in [-0.2, -0.15) is 0 Å². The van der Waals surface area contributed by atoms with Crippen LogP contribution in [0.15, 0.2) is 36.4 Å². The molecular formula is C22H27N7OS. The SMILES string of the molecule is Cc1nc(CN2CC[C@@]3(CN(c4ncccn4)C[C@H]3c3cn(C(C)C)cn3)C2=O)cs1. The fraction of sp³-hybridized carbons (Fsp3) is 0.500. The van der Waals surface area contributed by atoms with Crippen LogP contribution in [0.3, 0.4) is 0 Å². The standard InChI is InChI=1S/C22H27N7OS/c1-15(2)29-11-19(25-14-29)18-10-28(21-23-6-4-7-24-21)13-22(18)5-8-27(20(22)30)9-17-12-31-16(3)26-17/h4,6-7,11-12,14-15,18H,5,8-10,13H2,1-3H3/t18-,22-/m0/s1. The Morgan fingerprint density at radius 2 is 2.06 bits per heavy atom. The Morgan fingerprint density at radius 3 is 2.74 bits per heavy atom. The maximum Gasteiger partial charge on any atom is 0.231 e. The normalized spacial score (nSPS) is 23.6. The summed E-state index contributed by atoms with van der Waals surface area (Å²) in [6, 6.07) is 2.14. The minimum absolute atomic E-state index is 0.00553. The number of nitrogens with zero attached hydrogens (tertiary/aromatic N) is 7. The van der Waals surface area contributed by atoms with Gasteiger partial charge >= 0.3 is 0 Å². The molecule has 162 valence electrons. The van der Waals surface area contributed by atoms with E-state index in [-0.39, 0.29) is 11.8 Å². The molecule has 0 bridgehead atoms. The molecule has 0 N–H and O–H groups in total. The van der Waals surface area contributed by atoms with Crippen LogP contribution < -0.4 is 4.90 Å². The Bertz CT molecular complexity index is 1080. The van der Waals surface area contributed by atoms with Gasteiger partial charge in [0.2, 0.25) is 11.9 Å². The van der Waals surface area contributed by atoms with E-state index in [1.165, 1.54) is 0 Å². The van der Waals surface area contributed by atoms with Crippen LogP contribution in [0.1, 0.15) is 48.6 Å². The van der Waals surface area contributed by atoms with Crippen molar-refractivity contribution in [2.45, 2.75) is 45.7 Å². The summed E-state index contributed by atoms with van der Waals surface area (Å²) in [5.74, 6) is 0.876. The van der Waals surface area contributed by atoms with E-state index < -0.39 is 5.41 Å². The Kier molecular flexibility index (Phi) is 5.00. The highest BCUT2D eigenvalue weighted by Gasteiger charge is 2.58. The van der Waals surface area contributed by atoms with E-state index in [9.17, 15) is 4.79 Å². The van der Waals surface area contributed by atoms with Crippen molar-refractivity contribution >= 4 is 23.2 Å². The van der Waals surface area contributed by atoms with Gasteiger partial charge in [0.25, 0.3) is 0 Å². The van der Waals surface area contributed by atoms with Gasteiger partial charge in [-0.1, -0.05) is 0 Å². The van der Waals surface area contributed by atoms with Crippen LogP contribution in [-0.2, 0) is 11.3 Å². The quantitative estimate of drug-likeness (QED) is 0.610. The number of aryl methyl sites for hydroxylation is 1. The minimum Gasteiger partial charge on any atom is -0.339 e. The van der Waals surface area contributed by atoms with Crippen LogP contribution in [0, 0.1) is 12.3 Å². The molecule has 8 nitrogen and oxygen atoms in total. The molecule has 3 aromatic rings. The molecule has 5 heterocycles. The molecule has 5 rings (SSSR count). The molecular weight excluding hydrogens is 410 g/mol. The molecule has 2 fully saturated rings. The van der Waals surface area contributed by atoms with Gasteiger partial charge < -0.3 is 14.4 Å². The molecule has 0 aromatic carbocycles. The number of likely N-dealkylation sites (tertiary alicyclic amines) is 1. The van der Waals surface area contributed by atoms with E-state index in [1.807, 2.05) is 29.6 Å². The number of hydrogen-bond donors (Lipinski definition) is 0. The summed E-state index contributed by atoms with van der Waals surface area (Å²) in [7, 11) is 0. The number of amides is 1. The Balaban J connectivity index is 1.47. The first-order valence-electron chi connectivity index (χ1n) is 10.7. The summed E-state index contributed by atoms with van der Waals surface area (Å²) in [4.78, 5) is 36.1. The van der Waals surface area contributed by atoms with Gasteiger partial charge in [-0.25, -0.2) is 19.9 Å². The van der Waals surface area contributed by atoms with Crippen molar-refractivity contribution < 1.29 is 4.79 Å². The molecule has 2 aliphatic heterocycles. The van der Waals surface area contributed by atoms with Crippen LogP contribution in [0.4, 0.5) is 5.95 Å². The van der Waals surface area contributed by atoms with Crippen molar-refractivity contribution in [2.75, 3.05) is 24.5 Å². The largest absolute Gasteiger partial charge is 0.339 e. The fourth-order valence-electron chi connectivity index (χ4n) is 4.86. The molecule has 2 aliphatic rings. The summed E-state index contributed by atoms with van der Waals surface area (Å²) in [5.41, 5.74) is 1.43. The van der Waals surface area contributed by atoms with Gasteiger partial charge in [-0.15, -0.1) is 11.3 Å². The van der Waals surface area contributed by atoms with Gasteiger partial charge in [-0.05, 0) is 33.3 Å². The molecule has 0 unspecified atom stereocenters. The lowest BCUT2D eigenvalue weighted by atomic mass is 9.75. The van der Waals surface area contributed by atoms with E-state index in [0.29, 0.717) is 31.6 Å². The second kappa shape index (κ2) is 7.71. The third-order valence-electron chi connectivity index (χ3n) is 6.51. The number of imidazole rings is 1. The Labute approximate surface area is 186 Å². The van der Waals surface area contributed by atoms with Crippen molar-refractivity contribution in [1.82, 2.24) is 29.4 Å². The number of rotatable bonds is 5. The highest BCUT2D eigenvalue weighted by atomic mass is 32.1. The van der Waals surface area contributed by atoms with E-state index >= 15 is 0 Å². The maximum atomic E-state index is 13.8. The van der Waals surface area contributed by atoms with Crippen LogP contribution in [-0.4, -0.2) is 54.9 Å². The van der Waals surface area contributed by atoms with E-state index in [2.05, 4.69) is 44.5 Å². The van der Waals surface area contributed by atoms with Gasteiger partial charge in [0.1, 0.15) is 0 Å². The molecule has 9 heteroatoms. The number of hydrogen-bond acceptors (Lipinski definition) is 7. The Morgan fingerprint density at radius 1 is 1.26 bits per heavy atom. The van der Waals surface area contributed by atoms with Crippen molar-refractivity contribution in [3.63, 3.8) is 0 Å². The number of carbonyl (C=O) groups is 1. The Hall–Kier alpha value is -2.81. The lowest BCUT2D eigenvalue weighted by Crippen LogP contribution is -2.39. The maximum absolute atomic E-state index is 13.8. The van der Waals surface area contributed by atoms with Crippen molar-refractivity contribution in [1.29, 1.82) is 0 Å². The molecule has 2 saturated heterocycles. The lowest BCUT2D eigenvalue weighted by molar-refractivity contribution is -0.136. The molecule has 0 saturated carbocycles. The minimum atomic E-state index is -0.513. The first-order valence-corrected chi connectivity index (χ1v) is 11.6. The van der Waals surface area contributed by atoms with E-state index in [4.69, 9.17) is 4.98 Å². The monoisotopic (exact) mass is 437 g/mol. The van der Waals surface area contributed by atoms with Gasteiger partial charge in [0.05, 0.1) is 34.7 Å². The highest BCUT2D eigenvalue weighted by Crippen LogP contribution is 2.50. The van der Waals surface area contributed by atoms with Gasteiger partial charge in [0, 0.05) is 55.6 Å². The molecule has 31 heavy (non-hydrogen) atoms. The third kappa shape index (κ3) is 3.50. The number of thiazole rings is 1. The van der Waals surface area contributed by atoms with Crippen molar-refractivity contribution in [2.24, 2.45) is 5.41 Å². The smallest absolute Gasteiger partial charge is 0.231 e. The second-order valence-corrected chi connectivity index (χ2v) is 9.87. The zero-order valence-corrected chi connectivity index (χ0v) is 18.9. The molecule has 0 aliphatic carbocycles. The zero-order valence-electron chi connectivity index (χ0n) is 18.1. The first kappa shape index (κ1) is 20.1. The number of aromatic nitrogens is 5. The first-order chi connectivity index (χ1) is 15.0. The van der Waals surface area contributed by atoms with Crippen LogP contribution in [0.25, 0.3) is 0 Å². The summed E-state index contributed by atoms with van der Waals surface area (Å²) >= 11 is 1.63. The van der Waals surface area contributed by atoms with Crippen LogP contribution in [0.2, 0.25) is 0 Å². The summed E-state index contributed by atoms with van der Waals surface area (Å²) in [6.07, 6.45) is 8.29. The average molecular weight is 438 g/mol. The predicted octanol–water partition coefficient (Wildman–Crippen LogP) is 3.04. The van der Waals surface area contributed by atoms with E-state index in [0.717, 1.165) is 29.4 Å². The van der Waals surface area contributed by atoms with Gasteiger partial charge in [0.15, 0.2) is 0 Å². The predicted molar refractivity (Wildman–Crippen MR) is 119 cm³/mol. The molecule has 1 amide bonds. The highest BCUT2D eigenvalue weighted by molar-refractivity contribution is 7.09. The second-order valence-electron chi connectivity index (χ2n) is 8.81. The van der Waals surface area contributed by atoms with E-state index in [1.54, 1.807) is 23.7 Å². The third-order valence-corrected chi connectivity index (χ3v) is 7.34. The van der Waals surface area contributed by atoms with Gasteiger partial charge in [-0.3, -0.25) is 4.79 Å². The number of carbonyl (C=O) groups excluding carboxylic acids is 1. The molecule has 2 atom stereocenters. The summed E-state index contributed by atoms with van der Waals surface area (Å²) in [5, 5.41) is 3.08. The fourth-order valence-corrected chi connectivity index (χ4v) is 5.47. The number of anilines is 1. The molecule has 1 spiro atoms. The summed E-state index contributed by atoms with van der Waals surface area (Å²) < 4.78 is 2.11. The van der Waals surface area contributed by atoms with Crippen molar-refractivity contribution in [3.8, 4) is 0 Å². The molecule has 0 radical (unpaired) electrons. The topological polar surface area (TPSA) is 80.0 Å². The van der Waals surface area contributed by atoms with Crippen LogP contribution >= 0.6 is 11.3 Å². The van der Waals surface area contributed by atoms with Crippen LogP contribution in [0.5, 0.6) is 0 Å².